The third-order valence-electron chi connectivity index (χ3n) is 4.22. The van der Waals surface area contributed by atoms with Gasteiger partial charge in [0, 0.05) is 18.2 Å². The van der Waals surface area contributed by atoms with Gasteiger partial charge in [0.05, 0.1) is 0 Å². The topological polar surface area (TPSA) is 71.1 Å². The van der Waals surface area contributed by atoms with Gasteiger partial charge in [-0.2, -0.15) is 0 Å². The van der Waals surface area contributed by atoms with Gasteiger partial charge < -0.3 is 5.32 Å². The van der Waals surface area contributed by atoms with E-state index in [0.717, 1.165) is 18.4 Å². The maximum atomic E-state index is 14.0. The average molecular weight is 335 g/mol. The van der Waals surface area contributed by atoms with Crippen LogP contribution in [0, 0.1) is 5.82 Å². The van der Waals surface area contributed by atoms with E-state index >= 15 is 0 Å². The first-order valence-corrected chi connectivity index (χ1v) is 8.84. The molecule has 122 valence electrons. The monoisotopic (exact) mass is 335 g/mol. The van der Waals surface area contributed by atoms with E-state index in [4.69, 9.17) is 0 Å². The Hall–Kier alpha value is -1.99. The Morgan fingerprint density at radius 2 is 1.96 bits per heavy atom. The first-order chi connectivity index (χ1) is 11.0. The lowest BCUT2D eigenvalue weighted by atomic mass is 9.95. The first-order valence-electron chi connectivity index (χ1n) is 7.35. The van der Waals surface area contributed by atoms with Crippen LogP contribution in [0.25, 0.3) is 0 Å². The predicted molar refractivity (Wildman–Crippen MR) is 86.3 cm³/mol. The van der Waals surface area contributed by atoms with Gasteiger partial charge in [0.1, 0.15) is 16.5 Å². The Morgan fingerprint density at radius 3 is 2.52 bits per heavy atom. The van der Waals surface area contributed by atoms with Crippen molar-refractivity contribution in [1.82, 2.24) is 9.71 Å². The number of sulfonamides is 1. The van der Waals surface area contributed by atoms with E-state index in [1.165, 1.54) is 25.4 Å². The lowest BCUT2D eigenvalue weighted by Crippen LogP contribution is -2.22. The molecular formula is C16H18FN3O2S. The van der Waals surface area contributed by atoms with Crippen LogP contribution in [0.2, 0.25) is 0 Å². The van der Waals surface area contributed by atoms with Crippen LogP contribution in [0.5, 0.6) is 0 Å². The molecule has 0 unspecified atom stereocenters. The molecule has 0 bridgehead atoms. The fourth-order valence-corrected chi connectivity index (χ4v) is 3.28. The van der Waals surface area contributed by atoms with Crippen molar-refractivity contribution in [3.63, 3.8) is 0 Å². The van der Waals surface area contributed by atoms with E-state index in [1.807, 2.05) is 12.1 Å². The van der Waals surface area contributed by atoms with Crippen LogP contribution in [0.15, 0.2) is 47.5 Å². The molecule has 1 fully saturated rings. The Morgan fingerprint density at radius 1 is 1.22 bits per heavy atom. The average Bonchev–Trinajstić information content (AvgIpc) is 3.35. The van der Waals surface area contributed by atoms with E-state index in [2.05, 4.69) is 15.0 Å². The Balaban J connectivity index is 1.71. The number of nitrogens with zero attached hydrogens (tertiary/aromatic N) is 1. The summed E-state index contributed by atoms with van der Waals surface area (Å²) in [6.45, 7) is 0.569. The van der Waals surface area contributed by atoms with Gasteiger partial charge >= 0.3 is 0 Å². The zero-order chi connectivity index (χ0) is 16.5. The SMILES string of the molecule is CNS(=O)(=O)c1ccc(NCC2(c3ccccc3F)CC2)nc1. The minimum Gasteiger partial charge on any atom is -0.369 e. The van der Waals surface area contributed by atoms with Crippen molar-refractivity contribution in [2.75, 3.05) is 18.9 Å². The highest BCUT2D eigenvalue weighted by molar-refractivity contribution is 7.89. The number of benzene rings is 1. The highest BCUT2D eigenvalue weighted by Crippen LogP contribution is 2.48. The highest BCUT2D eigenvalue weighted by Gasteiger charge is 2.45. The minimum absolute atomic E-state index is 0.112. The second kappa shape index (κ2) is 5.90. The fraction of sp³-hybridized carbons (Fsp3) is 0.312. The quantitative estimate of drug-likeness (QED) is 0.849. The molecule has 0 radical (unpaired) electrons. The van der Waals surface area contributed by atoms with Crippen LogP contribution in [0.4, 0.5) is 10.2 Å². The zero-order valence-corrected chi connectivity index (χ0v) is 13.5. The number of nitrogens with one attached hydrogen (secondary N) is 2. The van der Waals surface area contributed by atoms with Gasteiger partial charge in [0.2, 0.25) is 10.0 Å². The van der Waals surface area contributed by atoms with Crippen molar-refractivity contribution in [3.05, 3.63) is 54.0 Å². The number of rotatable bonds is 6. The molecule has 1 aromatic heterocycles. The second-order valence-electron chi connectivity index (χ2n) is 5.70. The van der Waals surface area contributed by atoms with Crippen molar-refractivity contribution in [2.45, 2.75) is 23.2 Å². The molecule has 0 amide bonds. The van der Waals surface area contributed by atoms with E-state index in [-0.39, 0.29) is 16.1 Å². The van der Waals surface area contributed by atoms with Crippen molar-refractivity contribution in [2.24, 2.45) is 0 Å². The predicted octanol–water partition coefficient (Wildman–Crippen LogP) is 2.27. The third-order valence-corrected chi connectivity index (χ3v) is 5.62. The summed E-state index contributed by atoms with van der Waals surface area (Å²) < 4.78 is 39.5. The maximum Gasteiger partial charge on any atom is 0.241 e. The van der Waals surface area contributed by atoms with E-state index in [9.17, 15) is 12.8 Å². The summed E-state index contributed by atoms with van der Waals surface area (Å²) in [6, 6.07) is 9.93. The van der Waals surface area contributed by atoms with Crippen LogP contribution < -0.4 is 10.0 Å². The Labute approximate surface area is 135 Å². The standard InChI is InChI=1S/C16H18FN3O2S/c1-18-23(21,22)12-6-7-15(19-10-12)20-11-16(8-9-16)13-4-2-3-5-14(13)17/h2-7,10,18H,8-9,11H2,1H3,(H,19,20). The van der Waals surface area contributed by atoms with Crippen molar-refractivity contribution >= 4 is 15.8 Å². The second-order valence-corrected chi connectivity index (χ2v) is 7.59. The number of hydrogen-bond acceptors (Lipinski definition) is 4. The summed E-state index contributed by atoms with van der Waals surface area (Å²) in [5.74, 6) is 0.387. The summed E-state index contributed by atoms with van der Waals surface area (Å²) in [7, 11) is -2.13. The molecule has 2 N–H and O–H groups in total. The van der Waals surface area contributed by atoms with Crippen LogP contribution in [-0.2, 0) is 15.4 Å². The minimum atomic E-state index is -3.48. The number of anilines is 1. The lowest BCUT2D eigenvalue weighted by Gasteiger charge is -2.17. The molecule has 0 aliphatic heterocycles. The molecule has 23 heavy (non-hydrogen) atoms. The van der Waals surface area contributed by atoms with Gasteiger partial charge in [0.25, 0.3) is 0 Å². The van der Waals surface area contributed by atoms with Crippen molar-refractivity contribution in [3.8, 4) is 0 Å². The number of pyridine rings is 1. The van der Waals surface area contributed by atoms with Crippen LogP contribution >= 0.6 is 0 Å². The summed E-state index contributed by atoms with van der Waals surface area (Å²) >= 11 is 0. The molecule has 5 nitrogen and oxygen atoms in total. The van der Waals surface area contributed by atoms with Crippen molar-refractivity contribution in [1.29, 1.82) is 0 Å². The summed E-state index contributed by atoms with van der Waals surface area (Å²) in [5.41, 5.74) is 0.532. The highest BCUT2D eigenvalue weighted by atomic mass is 32.2. The molecule has 1 saturated carbocycles. The molecule has 1 aromatic carbocycles. The number of aromatic nitrogens is 1. The van der Waals surface area contributed by atoms with Crippen LogP contribution in [-0.4, -0.2) is 27.0 Å². The van der Waals surface area contributed by atoms with E-state index < -0.39 is 10.0 Å². The third kappa shape index (κ3) is 3.20. The fourth-order valence-electron chi connectivity index (χ4n) is 2.60. The summed E-state index contributed by atoms with van der Waals surface area (Å²) in [6.07, 6.45) is 3.15. The van der Waals surface area contributed by atoms with Crippen LogP contribution in [0.3, 0.4) is 0 Å². The van der Waals surface area contributed by atoms with Gasteiger partial charge in [-0.05, 0) is 43.7 Å². The van der Waals surface area contributed by atoms with E-state index in [1.54, 1.807) is 12.1 Å². The van der Waals surface area contributed by atoms with Gasteiger partial charge in [-0.15, -0.1) is 0 Å². The summed E-state index contributed by atoms with van der Waals surface area (Å²) in [4.78, 5) is 4.23. The molecular weight excluding hydrogens is 317 g/mol. The molecule has 0 spiro atoms. The van der Waals surface area contributed by atoms with Gasteiger partial charge in [0.15, 0.2) is 0 Å². The van der Waals surface area contributed by atoms with Gasteiger partial charge in [-0.3, -0.25) is 0 Å². The van der Waals surface area contributed by atoms with Gasteiger partial charge in [-0.1, -0.05) is 18.2 Å². The molecule has 0 atom stereocenters. The normalized spacial score (nSPS) is 16.1. The zero-order valence-electron chi connectivity index (χ0n) is 12.7. The molecule has 3 rings (SSSR count). The molecule has 1 aliphatic carbocycles. The largest absolute Gasteiger partial charge is 0.369 e. The first kappa shape index (κ1) is 15.9. The van der Waals surface area contributed by atoms with Crippen LogP contribution in [0.1, 0.15) is 18.4 Å². The van der Waals surface area contributed by atoms with E-state index in [0.29, 0.717) is 12.4 Å². The Kier molecular flexibility index (Phi) is 4.08. The van der Waals surface area contributed by atoms with Crippen molar-refractivity contribution < 1.29 is 12.8 Å². The van der Waals surface area contributed by atoms with Gasteiger partial charge in [-0.25, -0.2) is 22.5 Å². The number of halogens is 1. The maximum absolute atomic E-state index is 14.0. The molecule has 0 saturated heterocycles. The summed E-state index contributed by atoms with van der Waals surface area (Å²) in [5, 5.41) is 3.18. The smallest absolute Gasteiger partial charge is 0.241 e. The Bertz CT molecular complexity index is 802. The molecule has 2 aromatic rings. The molecule has 1 heterocycles. The number of hydrogen-bond donors (Lipinski definition) is 2. The lowest BCUT2D eigenvalue weighted by molar-refractivity contribution is 0.578. The molecule has 1 aliphatic rings. The molecule has 7 heteroatoms.